The molecule has 0 aliphatic heterocycles. The molecule has 0 unspecified atom stereocenters. The predicted octanol–water partition coefficient (Wildman–Crippen LogP) is 2.83. The quantitative estimate of drug-likeness (QED) is 0.760. The maximum atomic E-state index is 6.05. The molecule has 1 heteroatoms. The Kier molecular flexibility index (Phi) is 2.60. The molecule has 1 aliphatic carbocycles. The molecule has 0 amide bonds. The van der Waals surface area contributed by atoms with Crippen LogP contribution in [0.25, 0.3) is 0 Å². The van der Waals surface area contributed by atoms with Gasteiger partial charge in [-0.1, -0.05) is 32.0 Å². The Labute approximate surface area is 86.3 Å². The van der Waals surface area contributed by atoms with Crippen LogP contribution in [0.4, 0.5) is 0 Å². The zero-order chi connectivity index (χ0) is 10.1. The molecule has 0 spiro atoms. The number of benzene rings is 1. The fourth-order valence-electron chi connectivity index (χ4n) is 2.28. The van der Waals surface area contributed by atoms with Crippen molar-refractivity contribution in [2.24, 2.45) is 11.7 Å². The van der Waals surface area contributed by atoms with Gasteiger partial charge in [-0.15, -0.1) is 0 Å². The number of nitrogens with two attached hydrogens (primary N) is 1. The van der Waals surface area contributed by atoms with Gasteiger partial charge in [0, 0.05) is 6.04 Å². The van der Waals surface area contributed by atoms with Crippen molar-refractivity contribution >= 4 is 0 Å². The number of rotatable bonds is 2. The maximum absolute atomic E-state index is 6.05. The van der Waals surface area contributed by atoms with Gasteiger partial charge in [-0.2, -0.15) is 0 Å². The van der Waals surface area contributed by atoms with E-state index < -0.39 is 0 Å². The largest absolute Gasteiger partial charge is 0.324 e. The standard InChI is InChI=1S/C13H19N/c1-9(2)7-10-3-4-11-5-6-13(14)12(11)8-10/h3-4,8-9,13H,5-7,14H2,1-2H3/t13-/m1/s1. The summed E-state index contributed by atoms with van der Waals surface area (Å²) >= 11 is 0. The summed E-state index contributed by atoms with van der Waals surface area (Å²) in [7, 11) is 0. The van der Waals surface area contributed by atoms with E-state index in [-0.39, 0.29) is 6.04 Å². The van der Waals surface area contributed by atoms with Crippen LogP contribution in [0.1, 0.15) is 43.0 Å². The SMILES string of the molecule is CC(C)Cc1ccc2c(c1)[C@H](N)CC2. The number of aryl methyl sites for hydroxylation is 1. The smallest absolute Gasteiger partial charge is 0.0300 e. The highest BCUT2D eigenvalue weighted by atomic mass is 14.6. The lowest BCUT2D eigenvalue weighted by Gasteiger charge is -2.09. The van der Waals surface area contributed by atoms with Crippen LogP contribution < -0.4 is 5.73 Å². The Morgan fingerprint density at radius 3 is 2.93 bits per heavy atom. The highest BCUT2D eigenvalue weighted by Crippen LogP contribution is 2.30. The minimum atomic E-state index is 0.289. The summed E-state index contributed by atoms with van der Waals surface area (Å²) in [6.07, 6.45) is 3.46. The van der Waals surface area contributed by atoms with E-state index in [1.165, 1.54) is 29.5 Å². The normalized spacial score (nSPS) is 20.1. The predicted molar refractivity (Wildman–Crippen MR) is 60.2 cm³/mol. The van der Waals surface area contributed by atoms with Crippen LogP contribution in [-0.4, -0.2) is 0 Å². The molecule has 2 N–H and O–H groups in total. The highest BCUT2D eigenvalue weighted by Gasteiger charge is 2.18. The molecule has 76 valence electrons. The third kappa shape index (κ3) is 1.83. The monoisotopic (exact) mass is 189 g/mol. The van der Waals surface area contributed by atoms with Crippen molar-refractivity contribution < 1.29 is 0 Å². The van der Waals surface area contributed by atoms with E-state index in [2.05, 4.69) is 32.0 Å². The van der Waals surface area contributed by atoms with E-state index in [0.717, 1.165) is 12.3 Å². The lowest BCUT2D eigenvalue weighted by molar-refractivity contribution is 0.645. The van der Waals surface area contributed by atoms with Gasteiger partial charge in [0.15, 0.2) is 0 Å². The number of fused-ring (bicyclic) bond motifs is 1. The minimum absolute atomic E-state index is 0.289. The van der Waals surface area contributed by atoms with Gasteiger partial charge in [-0.3, -0.25) is 0 Å². The van der Waals surface area contributed by atoms with Crippen LogP contribution in [0.2, 0.25) is 0 Å². The Morgan fingerprint density at radius 1 is 1.43 bits per heavy atom. The molecule has 0 heterocycles. The summed E-state index contributed by atoms with van der Waals surface area (Å²) < 4.78 is 0. The third-order valence-electron chi connectivity index (χ3n) is 2.98. The number of hydrogen-bond donors (Lipinski definition) is 1. The average Bonchev–Trinajstić information content (AvgIpc) is 2.47. The second-order valence-corrected chi connectivity index (χ2v) is 4.78. The van der Waals surface area contributed by atoms with Crippen LogP contribution in [0.3, 0.4) is 0 Å². The van der Waals surface area contributed by atoms with E-state index in [1.54, 1.807) is 0 Å². The highest BCUT2D eigenvalue weighted by molar-refractivity contribution is 5.37. The second-order valence-electron chi connectivity index (χ2n) is 4.78. The van der Waals surface area contributed by atoms with E-state index in [0.29, 0.717) is 0 Å². The molecule has 1 aromatic carbocycles. The maximum Gasteiger partial charge on any atom is 0.0300 e. The van der Waals surface area contributed by atoms with Gasteiger partial charge in [-0.05, 0) is 41.9 Å². The van der Waals surface area contributed by atoms with Gasteiger partial charge in [-0.25, -0.2) is 0 Å². The van der Waals surface area contributed by atoms with Gasteiger partial charge >= 0.3 is 0 Å². The van der Waals surface area contributed by atoms with Crippen molar-refractivity contribution in [3.05, 3.63) is 34.9 Å². The molecule has 2 rings (SSSR count). The van der Waals surface area contributed by atoms with Crippen LogP contribution in [-0.2, 0) is 12.8 Å². The van der Waals surface area contributed by atoms with E-state index in [9.17, 15) is 0 Å². The summed E-state index contributed by atoms with van der Waals surface area (Å²) in [6, 6.07) is 7.13. The summed E-state index contributed by atoms with van der Waals surface area (Å²) in [5.41, 5.74) is 10.3. The summed E-state index contributed by atoms with van der Waals surface area (Å²) in [4.78, 5) is 0. The van der Waals surface area contributed by atoms with Crippen molar-refractivity contribution in [3.63, 3.8) is 0 Å². The van der Waals surface area contributed by atoms with Gasteiger partial charge < -0.3 is 5.73 Å². The van der Waals surface area contributed by atoms with E-state index >= 15 is 0 Å². The van der Waals surface area contributed by atoms with Crippen LogP contribution >= 0.6 is 0 Å². The van der Waals surface area contributed by atoms with Gasteiger partial charge in [0.25, 0.3) is 0 Å². The van der Waals surface area contributed by atoms with Crippen LogP contribution in [0, 0.1) is 5.92 Å². The third-order valence-corrected chi connectivity index (χ3v) is 2.98. The summed E-state index contributed by atoms with van der Waals surface area (Å²) in [6.45, 7) is 4.51. The zero-order valence-corrected chi connectivity index (χ0v) is 9.09. The molecular formula is C13H19N. The van der Waals surface area contributed by atoms with Gasteiger partial charge in [0.05, 0.1) is 0 Å². The Bertz CT molecular complexity index is 328. The molecule has 0 aromatic heterocycles. The first-order valence-corrected chi connectivity index (χ1v) is 5.54. The van der Waals surface area contributed by atoms with Crippen LogP contribution in [0.5, 0.6) is 0 Å². The van der Waals surface area contributed by atoms with E-state index in [4.69, 9.17) is 5.73 Å². The molecular weight excluding hydrogens is 170 g/mol. The lowest BCUT2D eigenvalue weighted by Crippen LogP contribution is -2.06. The molecule has 1 aromatic rings. The molecule has 1 atom stereocenters. The topological polar surface area (TPSA) is 26.0 Å². The number of hydrogen-bond acceptors (Lipinski definition) is 1. The fraction of sp³-hybridized carbons (Fsp3) is 0.538. The Morgan fingerprint density at radius 2 is 2.21 bits per heavy atom. The van der Waals surface area contributed by atoms with Crippen molar-refractivity contribution in [3.8, 4) is 0 Å². The fourth-order valence-corrected chi connectivity index (χ4v) is 2.28. The minimum Gasteiger partial charge on any atom is -0.324 e. The molecule has 14 heavy (non-hydrogen) atoms. The molecule has 0 fully saturated rings. The first-order chi connectivity index (χ1) is 6.66. The zero-order valence-electron chi connectivity index (χ0n) is 9.09. The van der Waals surface area contributed by atoms with Crippen molar-refractivity contribution in [2.75, 3.05) is 0 Å². The van der Waals surface area contributed by atoms with Gasteiger partial charge in [0.2, 0.25) is 0 Å². The first kappa shape index (κ1) is 9.72. The summed E-state index contributed by atoms with van der Waals surface area (Å²) in [5, 5.41) is 0. The summed E-state index contributed by atoms with van der Waals surface area (Å²) in [5.74, 6) is 0.727. The van der Waals surface area contributed by atoms with Crippen molar-refractivity contribution in [2.45, 2.75) is 39.2 Å². The molecule has 1 nitrogen and oxygen atoms in total. The second kappa shape index (κ2) is 3.74. The molecule has 0 bridgehead atoms. The van der Waals surface area contributed by atoms with Crippen molar-refractivity contribution in [1.82, 2.24) is 0 Å². The molecule has 0 radical (unpaired) electrons. The lowest BCUT2D eigenvalue weighted by atomic mass is 9.98. The molecule has 0 saturated heterocycles. The van der Waals surface area contributed by atoms with E-state index in [1.807, 2.05) is 0 Å². The molecule has 1 aliphatic rings. The Balaban J connectivity index is 2.26. The Hall–Kier alpha value is -0.820. The average molecular weight is 189 g/mol. The first-order valence-electron chi connectivity index (χ1n) is 5.54. The van der Waals surface area contributed by atoms with Gasteiger partial charge in [0.1, 0.15) is 0 Å². The molecule has 0 saturated carbocycles. The van der Waals surface area contributed by atoms with Crippen molar-refractivity contribution in [1.29, 1.82) is 0 Å². The van der Waals surface area contributed by atoms with Crippen LogP contribution in [0.15, 0.2) is 18.2 Å².